The molecule has 1 amide bonds. The third-order valence-corrected chi connectivity index (χ3v) is 5.55. The number of rotatable bonds is 7. The van der Waals surface area contributed by atoms with Gasteiger partial charge < -0.3 is 19.9 Å². The summed E-state index contributed by atoms with van der Waals surface area (Å²) in [6.45, 7) is 1.40. The van der Waals surface area contributed by atoms with Crippen molar-refractivity contribution in [2.75, 3.05) is 18.5 Å². The van der Waals surface area contributed by atoms with E-state index in [0.29, 0.717) is 16.1 Å². The van der Waals surface area contributed by atoms with Crippen LogP contribution in [0.1, 0.15) is 45.8 Å². The van der Waals surface area contributed by atoms with E-state index >= 15 is 0 Å². The zero-order chi connectivity index (χ0) is 20.1. The van der Waals surface area contributed by atoms with Gasteiger partial charge in [-0.2, -0.15) is 0 Å². The lowest BCUT2D eigenvalue weighted by Gasteiger charge is -2.11. The predicted molar refractivity (Wildman–Crippen MR) is 103 cm³/mol. The van der Waals surface area contributed by atoms with Crippen molar-refractivity contribution >= 4 is 34.2 Å². The topological polar surface area (TPSA) is 102 Å². The first-order valence-electron chi connectivity index (χ1n) is 9.02. The Bertz CT molecular complexity index is 876. The van der Waals surface area contributed by atoms with E-state index in [0.717, 1.165) is 29.7 Å². The van der Waals surface area contributed by atoms with E-state index in [4.69, 9.17) is 9.47 Å². The number of hydrogen-bond donors (Lipinski definition) is 2. The largest absolute Gasteiger partial charge is 0.462 e. The lowest BCUT2D eigenvalue weighted by atomic mass is 10.1. The van der Waals surface area contributed by atoms with Gasteiger partial charge in [-0.15, -0.1) is 11.3 Å². The summed E-state index contributed by atoms with van der Waals surface area (Å²) in [7, 11) is 0. The lowest BCUT2D eigenvalue weighted by molar-refractivity contribution is -0.156. The number of ether oxygens (including phenoxy) is 2. The maximum absolute atomic E-state index is 12.3. The van der Waals surface area contributed by atoms with Crippen LogP contribution in [0.25, 0.3) is 0 Å². The molecular formula is C20H21NO6S. The number of fused-ring (bicyclic) bond motifs is 1. The molecule has 1 atom stereocenters. The van der Waals surface area contributed by atoms with Crippen LogP contribution >= 0.6 is 11.3 Å². The highest BCUT2D eigenvalue weighted by molar-refractivity contribution is 7.17. The maximum atomic E-state index is 12.3. The number of aliphatic hydroxyl groups is 1. The Morgan fingerprint density at radius 1 is 1.18 bits per heavy atom. The van der Waals surface area contributed by atoms with Gasteiger partial charge in [-0.05, 0) is 37.3 Å². The van der Waals surface area contributed by atoms with Crippen LogP contribution in [-0.2, 0) is 31.9 Å². The van der Waals surface area contributed by atoms with Crippen molar-refractivity contribution in [2.45, 2.75) is 32.3 Å². The highest BCUT2D eigenvalue weighted by Gasteiger charge is 2.28. The molecule has 2 N–H and O–H groups in total. The summed E-state index contributed by atoms with van der Waals surface area (Å²) in [5.41, 5.74) is 1.70. The number of amides is 1. The fraction of sp³-hybridized carbons (Fsp3) is 0.350. The third kappa shape index (κ3) is 4.40. The first kappa shape index (κ1) is 20.0. The molecule has 1 heterocycles. The standard InChI is InChI=1S/C20H21NO6S/c1-2-26-19(24)16-13-9-6-10-14(13)28-18(16)21-15(22)11-27-20(25)17(23)12-7-4-3-5-8-12/h3-5,7-8,17,23H,2,6,9-11H2,1H3,(H,21,22)/t17-/m1/s1. The summed E-state index contributed by atoms with van der Waals surface area (Å²) < 4.78 is 10.0. The van der Waals surface area contributed by atoms with Gasteiger partial charge in [0.2, 0.25) is 0 Å². The van der Waals surface area contributed by atoms with E-state index < -0.39 is 30.6 Å². The van der Waals surface area contributed by atoms with Crippen molar-refractivity contribution in [1.29, 1.82) is 0 Å². The van der Waals surface area contributed by atoms with Crippen LogP contribution in [0.5, 0.6) is 0 Å². The van der Waals surface area contributed by atoms with Gasteiger partial charge in [-0.3, -0.25) is 4.79 Å². The number of carbonyl (C=O) groups excluding carboxylic acids is 3. The van der Waals surface area contributed by atoms with Crippen LogP contribution in [0.2, 0.25) is 0 Å². The number of carbonyl (C=O) groups is 3. The Morgan fingerprint density at radius 2 is 1.93 bits per heavy atom. The molecule has 1 aliphatic carbocycles. The highest BCUT2D eigenvalue weighted by atomic mass is 32.1. The zero-order valence-corrected chi connectivity index (χ0v) is 16.2. The fourth-order valence-electron chi connectivity index (χ4n) is 3.06. The van der Waals surface area contributed by atoms with Crippen LogP contribution in [0, 0.1) is 0 Å². The molecule has 1 aliphatic rings. The van der Waals surface area contributed by atoms with Gasteiger partial charge >= 0.3 is 11.9 Å². The molecule has 0 bridgehead atoms. The Kier molecular flexibility index (Phi) is 6.43. The van der Waals surface area contributed by atoms with Crippen molar-refractivity contribution in [2.24, 2.45) is 0 Å². The quantitative estimate of drug-likeness (QED) is 0.689. The minimum absolute atomic E-state index is 0.242. The molecule has 28 heavy (non-hydrogen) atoms. The molecule has 1 aromatic carbocycles. The first-order chi connectivity index (χ1) is 13.5. The summed E-state index contributed by atoms with van der Waals surface area (Å²) in [4.78, 5) is 37.5. The van der Waals surface area contributed by atoms with E-state index in [1.165, 1.54) is 11.3 Å². The molecule has 0 fully saturated rings. The molecule has 0 saturated heterocycles. The van der Waals surface area contributed by atoms with E-state index in [9.17, 15) is 19.5 Å². The number of anilines is 1. The SMILES string of the molecule is CCOC(=O)c1c(NC(=O)COC(=O)[C@H](O)c2ccccc2)sc2c1CCC2. The van der Waals surface area contributed by atoms with E-state index in [1.807, 2.05) is 0 Å². The van der Waals surface area contributed by atoms with Crippen molar-refractivity contribution < 1.29 is 29.0 Å². The molecule has 0 radical (unpaired) electrons. The molecule has 3 rings (SSSR count). The van der Waals surface area contributed by atoms with Crippen molar-refractivity contribution in [3.63, 3.8) is 0 Å². The molecule has 0 spiro atoms. The van der Waals surface area contributed by atoms with Crippen molar-refractivity contribution in [3.8, 4) is 0 Å². The second kappa shape index (κ2) is 8.99. The van der Waals surface area contributed by atoms with Gasteiger partial charge in [0, 0.05) is 4.88 Å². The predicted octanol–water partition coefficient (Wildman–Crippen LogP) is 2.63. The molecule has 0 unspecified atom stereocenters. The molecule has 1 aromatic heterocycles. The fourth-order valence-corrected chi connectivity index (χ4v) is 4.35. The molecule has 0 aliphatic heterocycles. The number of nitrogens with one attached hydrogen (secondary N) is 1. The van der Waals surface area contributed by atoms with Gasteiger partial charge in [0.15, 0.2) is 12.7 Å². The van der Waals surface area contributed by atoms with Crippen LogP contribution in [0.4, 0.5) is 5.00 Å². The minimum atomic E-state index is -1.46. The molecule has 7 nitrogen and oxygen atoms in total. The summed E-state index contributed by atoms with van der Waals surface area (Å²) >= 11 is 1.35. The molecule has 8 heteroatoms. The van der Waals surface area contributed by atoms with Gasteiger partial charge in [-0.1, -0.05) is 30.3 Å². The summed E-state index contributed by atoms with van der Waals surface area (Å²) in [6, 6.07) is 8.31. The average molecular weight is 403 g/mol. The molecule has 148 valence electrons. The summed E-state index contributed by atoms with van der Waals surface area (Å²) in [6.07, 6.45) is 1.14. The van der Waals surface area contributed by atoms with Gasteiger partial charge in [0.25, 0.3) is 5.91 Å². The number of hydrogen-bond acceptors (Lipinski definition) is 7. The van der Waals surface area contributed by atoms with E-state index in [2.05, 4.69) is 5.32 Å². The highest BCUT2D eigenvalue weighted by Crippen LogP contribution is 2.39. The number of aliphatic hydroxyl groups excluding tert-OH is 1. The average Bonchev–Trinajstić information content (AvgIpc) is 3.27. The van der Waals surface area contributed by atoms with Crippen LogP contribution in [0.3, 0.4) is 0 Å². The Hall–Kier alpha value is -2.71. The van der Waals surface area contributed by atoms with Crippen molar-refractivity contribution in [1.82, 2.24) is 0 Å². The molecule has 2 aromatic rings. The van der Waals surface area contributed by atoms with Gasteiger partial charge in [0.05, 0.1) is 12.2 Å². The van der Waals surface area contributed by atoms with E-state index in [1.54, 1.807) is 37.3 Å². The van der Waals surface area contributed by atoms with Crippen LogP contribution < -0.4 is 5.32 Å². The molecule has 0 saturated carbocycles. The minimum Gasteiger partial charge on any atom is -0.462 e. The summed E-state index contributed by atoms with van der Waals surface area (Å²) in [5.74, 6) is -1.96. The number of aryl methyl sites for hydroxylation is 1. The van der Waals surface area contributed by atoms with Gasteiger partial charge in [0.1, 0.15) is 5.00 Å². The van der Waals surface area contributed by atoms with Gasteiger partial charge in [-0.25, -0.2) is 9.59 Å². The number of benzene rings is 1. The first-order valence-corrected chi connectivity index (χ1v) is 9.84. The van der Waals surface area contributed by atoms with Crippen LogP contribution in [0.15, 0.2) is 30.3 Å². The second-order valence-electron chi connectivity index (χ2n) is 6.25. The zero-order valence-electron chi connectivity index (χ0n) is 15.4. The summed E-state index contributed by atoms with van der Waals surface area (Å²) in [5, 5.41) is 13.0. The Morgan fingerprint density at radius 3 is 2.64 bits per heavy atom. The smallest absolute Gasteiger partial charge is 0.341 e. The monoisotopic (exact) mass is 403 g/mol. The Balaban J connectivity index is 1.62. The normalized spacial score (nSPS) is 13.5. The van der Waals surface area contributed by atoms with Crippen LogP contribution in [-0.4, -0.2) is 36.2 Å². The second-order valence-corrected chi connectivity index (χ2v) is 7.36. The molecular weight excluding hydrogens is 382 g/mol. The van der Waals surface area contributed by atoms with E-state index in [-0.39, 0.29) is 6.61 Å². The maximum Gasteiger partial charge on any atom is 0.341 e. The van der Waals surface area contributed by atoms with Crippen molar-refractivity contribution in [3.05, 3.63) is 51.9 Å². The Labute approximate surface area is 166 Å². The third-order valence-electron chi connectivity index (χ3n) is 4.34. The number of esters is 2. The number of thiophene rings is 1. The lowest BCUT2D eigenvalue weighted by Crippen LogP contribution is -2.24.